The van der Waals surface area contributed by atoms with Crippen LogP contribution in [0.3, 0.4) is 0 Å². The Bertz CT molecular complexity index is 730. The molecule has 3 rings (SSSR count). The summed E-state index contributed by atoms with van der Waals surface area (Å²) in [7, 11) is 0. The molecule has 1 fully saturated rings. The molecule has 1 aliphatic heterocycles. The molecule has 1 atom stereocenters. The molecule has 0 spiro atoms. The monoisotopic (exact) mass is 340 g/mol. The van der Waals surface area contributed by atoms with Crippen molar-refractivity contribution in [3.8, 4) is 0 Å². The van der Waals surface area contributed by atoms with Crippen molar-refractivity contribution in [1.29, 1.82) is 0 Å². The van der Waals surface area contributed by atoms with Gasteiger partial charge in [-0.15, -0.1) is 0 Å². The minimum atomic E-state index is -0.264. The number of carbonyl (C=O) groups is 1. The summed E-state index contributed by atoms with van der Waals surface area (Å²) in [5.74, 6) is -0.148. The molecule has 0 bridgehead atoms. The van der Waals surface area contributed by atoms with Gasteiger partial charge in [-0.1, -0.05) is 56.3 Å². The molecule has 1 N–H and O–H groups in total. The van der Waals surface area contributed by atoms with E-state index in [1.165, 1.54) is 12.1 Å². The number of benzene rings is 2. The van der Waals surface area contributed by atoms with Crippen molar-refractivity contribution in [2.75, 3.05) is 19.6 Å². The maximum atomic E-state index is 13.6. The summed E-state index contributed by atoms with van der Waals surface area (Å²) >= 11 is 0. The molecule has 1 unspecified atom stereocenters. The highest BCUT2D eigenvalue weighted by atomic mass is 19.1. The SMILES string of the molecule is CC(C)(CC(=O)N1CCNCC1c1cccc(F)c1)c1ccccc1. The van der Waals surface area contributed by atoms with Crippen molar-refractivity contribution < 1.29 is 9.18 Å². The van der Waals surface area contributed by atoms with Crippen LogP contribution in [0.25, 0.3) is 0 Å². The first-order valence-electron chi connectivity index (χ1n) is 8.78. The van der Waals surface area contributed by atoms with Crippen LogP contribution >= 0.6 is 0 Å². The van der Waals surface area contributed by atoms with E-state index >= 15 is 0 Å². The van der Waals surface area contributed by atoms with Crippen LogP contribution in [0.2, 0.25) is 0 Å². The number of carbonyl (C=O) groups excluding carboxylic acids is 1. The third-order valence-electron chi connectivity index (χ3n) is 4.95. The predicted octanol–water partition coefficient (Wildman–Crippen LogP) is 3.67. The molecule has 1 heterocycles. The molecule has 0 aromatic heterocycles. The number of halogens is 1. The summed E-state index contributed by atoms with van der Waals surface area (Å²) in [6.45, 7) is 6.26. The summed E-state index contributed by atoms with van der Waals surface area (Å²) in [5.41, 5.74) is 1.76. The van der Waals surface area contributed by atoms with Gasteiger partial charge in [0.1, 0.15) is 5.82 Å². The predicted molar refractivity (Wildman–Crippen MR) is 97.8 cm³/mol. The summed E-state index contributed by atoms with van der Waals surface area (Å²) in [6.07, 6.45) is 0.433. The zero-order valence-corrected chi connectivity index (χ0v) is 14.8. The number of nitrogens with one attached hydrogen (secondary N) is 1. The van der Waals surface area contributed by atoms with Crippen molar-refractivity contribution in [2.24, 2.45) is 0 Å². The molecule has 0 saturated carbocycles. The van der Waals surface area contributed by atoms with Crippen LogP contribution in [-0.4, -0.2) is 30.4 Å². The lowest BCUT2D eigenvalue weighted by atomic mass is 9.81. The molecule has 1 aliphatic rings. The number of piperazine rings is 1. The number of hydrogen-bond acceptors (Lipinski definition) is 2. The Morgan fingerprint density at radius 1 is 1.20 bits per heavy atom. The molecule has 0 aliphatic carbocycles. The minimum Gasteiger partial charge on any atom is -0.333 e. The topological polar surface area (TPSA) is 32.3 Å². The zero-order valence-electron chi connectivity index (χ0n) is 14.8. The second kappa shape index (κ2) is 7.36. The zero-order chi connectivity index (χ0) is 17.9. The van der Waals surface area contributed by atoms with Crippen LogP contribution in [0.5, 0.6) is 0 Å². The fourth-order valence-corrected chi connectivity index (χ4v) is 3.49. The lowest BCUT2D eigenvalue weighted by Crippen LogP contribution is -2.49. The maximum absolute atomic E-state index is 13.6. The van der Waals surface area contributed by atoms with Gasteiger partial charge in [0.2, 0.25) is 5.91 Å². The molecule has 0 radical (unpaired) electrons. The van der Waals surface area contributed by atoms with Crippen LogP contribution in [-0.2, 0) is 10.2 Å². The lowest BCUT2D eigenvalue weighted by molar-refractivity contribution is -0.135. The summed E-state index contributed by atoms with van der Waals surface area (Å²) in [5, 5.41) is 3.32. The first-order chi connectivity index (χ1) is 12.0. The van der Waals surface area contributed by atoms with Gasteiger partial charge >= 0.3 is 0 Å². The number of nitrogens with zero attached hydrogens (tertiary/aromatic N) is 1. The third kappa shape index (κ3) is 4.07. The Morgan fingerprint density at radius 3 is 2.68 bits per heavy atom. The molecule has 25 heavy (non-hydrogen) atoms. The fraction of sp³-hybridized carbons (Fsp3) is 0.381. The average molecular weight is 340 g/mol. The van der Waals surface area contributed by atoms with E-state index < -0.39 is 0 Å². The smallest absolute Gasteiger partial charge is 0.224 e. The van der Waals surface area contributed by atoms with Crippen LogP contribution < -0.4 is 5.32 Å². The lowest BCUT2D eigenvalue weighted by Gasteiger charge is -2.38. The van der Waals surface area contributed by atoms with Gasteiger partial charge in [0.05, 0.1) is 6.04 Å². The van der Waals surface area contributed by atoms with E-state index in [1.54, 1.807) is 6.07 Å². The molecule has 4 heteroatoms. The molecular weight excluding hydrogens is 315 g/mol. The van der Waals surface area contributed by atoms with Crippen LogP contribution in [0.15, 0.2) is 54.6 Å². The van der Waals surface area contributed by atoms with Crippen LogP contribution in [0, 0.1) is 5.82 Å². The quantitative estimate of drug-likeness (QED) is 0.921. The van der Waals surface area contributed by atoms with Crippen molar-refractivity contribution in [3.05, 3.63) is 71.5 Å². The Kier molecular flexibility index (Phi) is 5.19. The molecule has 2 aromatic carbocycles. The van der Waals surface area contributed by atoms with E-state index in [0.29, 0.717) is 19.5 Å². The summed E-state index contributed by atoms with van der Waals surface area (Å²) in [6, 6.07) is 16.6. The van der Waals surface area contributed by atoms with E-state index in [0.717, 1.165) is 17.7 Å². The van der Waals surface area contributed by atoms with E-state index in [-0.39, 0.29) is 23.2 Å². The van der Waals surface area contributed by atoms with Crippen LogP contribution in [0.1, 0.15) is 37.4 Å². The highest BCUT2D eigenvalue weighted by Crippen LogP contribution is 2.30. The van der Waals surface area contributed by atoms with Crippen LogP contribution in [0.4, 0.5) is 4.39 Å². The van der Waals surface area contributed by atoms with Gasteiger partial charge in [0, 0.05) is 26.1 Å². The molecule has 2 aromatic rings. The highest BCUT2D eigenvalue weighted by molar-refractivity contribution is 5.78. The van der Waals surface area contributed by atoms with Gasteiger partial charge in [-0.2, -0.15) is 0 Å². The van der Waals surface area contributed by atoms with E-state index in [2.05, 4.69) is 31.3 Å². The largest absolute Gasteiger partial charge is 0.333 e. The van der Waals surface area contributed by atoms with Gasteiger partial charge < -0.3 is 10.2 Å². The van der Waals surface area contributed by atoms with Crippen molar-refractivity contribution >= 4 is 5.91 Å². The van der Waals surface area contributed by atoms with Crippen molar-refractivity contribution in [3.63, 3.8) is 0 Å². The maximum Gasteiger partial charge on any atom is 0.224 e. The van der Waals surface area contributed by atoms with E-state index in [9.17, 15) is 9.18 Å². The molecule has 1 saturated heterocycles. The molecule has 1 amide bonds. The van der Waals surface area contributed by atoms with Crippen molar-refractivity contribution in [1.82, 2.24) is 10.2 Å². The number of amides is 1. The Morgan fingerprint density at radius 2 is 1.96 bits per heavy atom. The Labute approximate surface area is 148 Å². The second-order valence-electron chi connectivity index (χ2n) is 7.29. The number of hydrogen-bond donors (Lipinski definition) is 1. The highest BCUT2D eigenvalue weighted by Gasteiger charge is 2.32. The average Bonchev–Trinajstić information content (AvgIpc) is 2.62. The van der Waals surface area contributed by atoms with Gasteiger partial charge in [0.25, 0.3) is 0 Å². The summed E-state index contributed by atoms with van der Waals surface area (Å²) < 4.78 is 13.6. The summed E-state index contributed by atoms with van der Waals surface area (Å²) in [4.78, 5) is 15.0. The van der Waals surface area contributed by atoms with Gasteiger partial charge in [-0.25, -0.2) is 4.39 Å². The third-order valence-corrected chi connectivity index (χ3v) is 4.95. The molecular formula is C21H25FN2O. The first kappa shape index (κ1) is 17.6. The molecule has 132 valence electrons. The first-order valence-corrected chi connectivity index (χ1v) is 8.78. The Hall–Kier alpha value is -2.20. The van der Waals surface area contributed by atoms with E-state index in [4.69, 9.17) is 0 Å². The second-order valence-corrected chi connectivity index (χ2v) is 7.29. The fourth-order valence-electron chi connectivity index (χ4n) is 3.49. The normalized spacial score (nSPS) is 18.2. The molecule has 3 nitrogen and oxygen atoms in total. The van der Waals surface area contributed by atoms with E-state index in [1.807, 2.05) is 29.2 Å². The van der Waals surface area contributed by atoms with Gasteiger partial charge in [-0.3, -0.25) is 4.79 Å². The Balaban J connectivity index is 1.79. The van der Waals surface area contributed by atoms with Crippen molar-refractivity contribution in [2.45, 2.75) is 31.7 Å². The minimum absolute atomic E-state index is 0.115. The standard InChI is InChI=1S/C21H25FN2O/c1-21(2,17-8-4-3-5-9-17)14-20(25)24-12-11-23-15-19(24)16-7-6-10-18(22)13-16/h3-10,13,19,23H,11-12,14-15H2,1-2H3. The van der Waals surface area contributed by atoms with Gasteiger partial charge in [-0.05, 0) is 28.7 Å². The number of rotatable bonds is 4. The van der Waals surface area contributed by atoms with Gasteiger partial charge in [0.15, 0.2) is 0 Å².